The number of ether oxygens (including phenoxy) is 1. The van der Waals surface area contributed by atoms with E-state index in [0.29, 0.717) is 31.3 Å². The van der Waals surface area contributed by atoms with Crippen LogP contribution in [0.3, 0.4) is 0 Å². The summed E-state index contributed by atoms with van der Waals surface area (Å²) in [5.41, 5.74) is 0. The number of hydrogen-bond donors (Lipinski definition) is 1. The van der Waals surface area contributed by atoms with E-state index in [1.165, 1.54) is 0 Å². The molecule has 1 N–H and O–H groups in total. The van der Waals surface area contributed by atoms with Crippen LogP contribution in [0.25, 0.3) is 0 Å². The van der Waals surface area contributed by atoms with Gasteiger partial charge in [0.15, 0.2) is 0 Å². The number of rotatable bonds is 5. The molecule has 1 rings (SSSR count). The lowest BCUT2D eigenvalue weighted by atomic mass is 9.91. The Balaban J connectivity index is 2.43. The third-order valence-corrected chi connectivity index (χ3v) is 3.11. The highest BCUT2D eigenvalue weighted by atomic mass is 16.5. The van der Waals surface area contributed by atoms with E-state index in [1.54, 1.807) is 0 Å². The molecule has 1 aliphatic heterocycles. The van der Waals surface area contributed by atoms with Crippen LogP contribution in [0.15, 0.2) is 0 Å². The van der Waals surface area contributed by atoms with Crippen molar-refractivity contribution in [3.63, 3.8) is 0 Å². The summed E-state index contributed by atoms with van der Waals surface area (Å²) in [6.45, 7) is 5.52. The highest BCUT2D eigenvalue weighted by Crippen LogP contribution is 2.19. The second kappa shape index (κ2) is 5.47. The zero-order valence-corrected chi connectivity index (χ0v) is 9.38. The van der Waals surface area contributed by atoms with Crippen molar-refractivity contribution < 1.29 is 9.53 Å². The van der Waals surface area contributed by atoms with Crippen molar-refractivity contribution in [3.05, 3.63) is 0 Å². The Labute approximate surface area is 86.2 Å². The van der Waals surface area contributed by atoms with Crippen LogP contribution in [-0.4, -0.2) is 32.1 Å². The van der Waals surface area contributed by atoms with Crippen molar-refractivity contribution in [1.82, 2.24) is 5.32 Å². The second-order valence-electron chi connectivity index (χ2n) is 4.22. The van der Waals surface area contributed by atoms with Crippen LogP contribution in [0.4, 0.5) is 0 Å². The monoisotopic (exact) mass is 199 g/mol. The molecule has 0 saturated carbocycles. The molecule has 0 aliphatic carbocycles. The minimum absolute atomic E-state index is 0.0778. The molecule has 14 heavy (non-hydrogen) atoms. The molecule has 3 unspecified atom stereocenters. The molecule has 1 heterocycles. The van der Waals surface area contributed by atoms with Crippen molar-refractivity contribution in [2.75, 3.05) is 20.3 Å². The minimum Gasteiger partial charge on any atom is -0.379 e. The van der Waals surface area contributed by atoms with E-state index < -0.39 is 0 Å². The lowest BCUT2D eigenvalue weighted by Gasteiger charge is -2.17. The number of likely N-dealkylation sites (N-methyl/N-ethyl adjacent to an activating group) is 1. The molecule has 0 aromatic rings. The van der Waals surface area contributed by atoms with E-state index in [9.17, 15) is 4.79 Å². The number of ketones is 1. The molecule has 1 fully saturated rings. The first-order valence-corrected chi connectivity index (χ1v) is 5.46. The highest BCUT2D eigenvalue weighted by Gasteiger charge is 2.32. The molecule has 3 nitrogen and oxygen atoms in total. The van der Waals surface area contributed by atoms with Gasteiger partial charge in [0.1, 0.15) is 5.78 Å². The topological polar surface area (TPSA) is 38.3 Å². The number of Topliss-reactive ketones (excluding diaryl/α,β-unsaturated/α-hetero) is 1. The van der Waals surface area contributed by atoms with E-state index in [2.05, 4.69) is 19.2 Å². The van der Waals surface area contributed by atoms with Gasteiger partial charge in [-0.3, -0.25) is 4.79 Å². The van der Waals surface area contributed by atoms with Crippen molar-refractivity contribution in [2.45, 2.75) is 32.7 Å². The zero-order chi connectivity index (χ0) is 10.6. The molecule has 0 bridgehead atoms. The first-order valence-electron chi connectivity index (χ1n) is 5.46. The maximum atomic E-state index is 11.9. The fourth-order valence-electron chi connectivity index (χ4n) is 1.80. The largest absolute Gasteiger partial charge is 0.379 e. The van der Waals surface area contributed by atoms with Crippen LogP contribution in [-0.2, 0) is 9.53 Å². The summed E-state index contributed by atoms with van der Waals surface area (Å²) in [5.74, 6) is 0.936. The van der Waals surface area contributed by atoms with Gasteiger partial charge in [-0.05, 0) is 13.0 Å². The maximum absolute atomic E-state index is 11.9. The summed E-state index contributed by atoms with van der Waals surface area (Å²) < 4.78 is 5.31. The van der Waals surface area contributed by atoms with E-state index in [0.717, 1.165) is 6.42 Å². The van der Waals surface area contributed by atoms with Gasteiger partial charge in [-0.15, -0.1) is 0 Å². The van der Waals surface area contributed by atoms with Crippen LogP contribution >= 0.6 is 0 Å². The summed E-state index contributed by atoms with van der Waals surface area (Å²) in [4.78, 5) is 11.9. The molecule has 0 amide bonds. The van der Waals surface area contributed by atoms with Crippen molar-refractivity contribution in [3.8, 4) is 0 Å². The number of nitrogens with one attached hydrogen (secondary N) is 1. The van der Waals surface area contributed by atoms with Crippen molar-refractivity contribution in [2.24, 2.45) is 11.8 Å². The Morgan fingerprint density at radius 1 is 1.57 bits per heavy atom. The Hall–Kier alpha value is -0.410. The predicted molar refractivity (Wildman–Crippen MR) is 56.2 cm³/mol. The summed E-state index contributed by atoms with van der Waals surface area (Å²) in [5, 5.41) is 3.14. The lowest BCUT2D eigenvalue weighted by molar-refractivity contribution is -0.124. The predicted octanol–water partition coefficient (Wildman–Crippen LogP) is 1.23. The average molecular weight is 199 g/mol. The first kappa shape index (κ1) is 11.7. The SMILES string of the molecule is CCC(C)CC(=O)C1COCC1NC. The molecule has 0 radical (unpaired) electrons. The third kappa shape index (κ3) is 2.79. The van der Waals surface area contributed by atoms with Crippen molar-refractivity contribution >= 4 is 5.78 Å². The standard InChI is InChI=1S/C11H21NO2/c1-4-8(2)5-11(13)9-6-14-7-10(9)12-3/h8-10,12H,4-7H2,1-3H3. The van der Waals surface area contributed by atoms with Gasteiger partial charge in [-0.1, -0.05) is 20.3 Å². The quantitative estimate of drug-likeness (QED) is 0.723. The molecule has 0 aromatic carbocycles. The van der Waals surface area contributed by atoms with Gasteiger partial charge in [-0.2, -0.15) is 0 Å². The number of carbonyl (C=O) groups is 1. The molecule has 1 aliphatic rings. The summed E-state index contributed by atoms with van der Waals surface area (Å²) in [6.07, 6.45) is 1.77. The van der Waals surface area contributed by atoms with Crippen LogP contribution in [0, 0.1) is 11.8 Å². The fourth-order valence-corrected chi connectivity index (χ4v) is 1.80. The maximum Gasteiger partial charge on any atom is 0.140 e. The molecular formula is C11H21NO2. The normalized spacial score (nSPS) is 29.1. The molecule has 0 aromatic heterocycles. The number of hydrogen-bond acceptors (Lipinski definition) is 3. The minimum atomic E-state index is 0.0778. The van der Waals surface area contributed by atoms with E-state index in [-0.39, 0.29) is 12.0 Å². The highest BCUT2D eigenvalue weighted by molar-refractivity contribution is 5.82. The van der Waals surface area contributed by atoms with E-state index >= 15 is 0 Å². The first-order chi connectivity index (χ1) is 6.69. The molecule has 82 valence electrons. The van der Waals surface area contributed by atoms with Gasteiger partial charge in [0.2, 0.25) is 0 Å². The lowest BCUT2D eigenvalue weighted by Crippen LogP contribution is -2.37. The summed E-state index contributed by atoms with van der Waals surface area (Å²) in [7, 11) is 1.89. The van der Waals surface area contributed by atoms with Crippen LogP contribution in [0.5, 0.6) is 0 Å². The van der Waals surface area contributed by atoms with Gasteiger partial charge in [0.25, 0.3) is 0 Å². The van der Waals surface area contributed by atoms with Gasteiger partial charge in [-0.25, -0.2) is 0 Å². The molecule has 0 spiro atoms. The van der Waals surface area contributed by atoms with Crippen molar-refractivity contribution in [1.29, 1.82) is 0 Å². The molecule has 1 saturated heterocycles. The van der Waals surface area contributed by atoms with E-state index in [1.807, 2.05) is 7.05 Å². The Bertz CT molecular complexity index is 194. The molecule has 3 heteroatoms. The Kier molecular flexibility index (Phi) is 4.55. The van der Waals surface area contributed by atoms with Gasteiger partial charge < -0.3 is 10.1 Å². The molecule has 3 atom stereocenters. The zero-order valence-electron chi connectivity index (χ0n) is 9.38. The fraction of sp³-hybridized carbons (Fsp3) is 0.909. The summed E-state index contributed by atoms with van der Waals surface area (Å²) >= 11 is 0. The van der Waals surface area contributed by atoms with E-state index in [4.69, 9.17) is 4.74 Å². The summed E-state index contributed by atoms with van der Waals surface area (Å²) in [6, 6.07) is 0.228. The van der Waals surface area contributed by atoms with Gasteiger partial charge in [0.05, 0.1) is 19.1 Å². The smallest absolute Gasteiger partial charge is 0.140 e. The third-order valence-electron chi connectivity index (χ3n) is 3.11. The van der Waals surface area contributed by atoms with Gasteiger partial charge >= 0.3 is 0 Å². The Morgan fingerprint density at radius 3 is 2.86 bits per heavy atom. The van der Waals surface area contributed by atoms with Gasteiger partial charge in [0, 0.05) is 12.5 Å². The number of carbonyl (C=O) groups excluding carboxylic acids is 1. The Morgan fingerprint density at radius 2 is 2.29 bits per heavy atom. The average Bonchev–Trinajstić information content (AvgIpc) is 2.65. The van der Waals surface area contributed by atoms with Crippen LogP contribution < -0.4 is 5.32 Å². The van der Waals surface area contributed by atoms with Crippen LogP contribution in [0.1, 0.15) is 26.7 Å². The second-order valence-corrected chi connectivity index (χ2v) is 4.22. The van der Waals surface area contributed by atoms with Crippen LogP contribution in [0.2, 0.25) is 0 Å². The molecular weight excluding hydrogens is 178 g/mol.